The average Bonchev–Trinajstić information content (AvgIpc) is 2.80. The molecular weight excluding hydrogens is 386 g/mol. The van der Waals surface area contributed by atoms with Gasteiger partial charge in [-0.05, 0) is 29.3 Å². The highest BCUT2D eigenvalue weighted by Gasteiger charge is 2.20. The van der Waals surface area contributed by atoms with Crippen LogP contribution < -0.4 is 19.9 Å². The minimum atomic E-state index is -0.151. The lowest BCUT2D eigenvalue weighted by molar-refractivity contribution is -0.880. The number of para-hydroxylation sites is 3. The average molecular weight is 417 g/mol. The van der Waals surface area contributed by atoms with Crippen LogP contribution in [0.3, 0.4) is 0 Å². The van der Waals surface area contributed by atoms with Crippen LogP contribution in [0.5, 0.6) is 5.75 Å². The Morgan fingerprint density at radius 1 is 0.935 bits per heavy atom. The predicted molar refractivity (Wildman–Crippen MR) is 125 cm³/mol. The number of rotatable bonds is 7. The number of carbonyl (C=O) groups is 1. The fraction of sp³-hybridized carbons (Fsp3) is 0.269. The fourth-order valence-electron chi connectivity index (χ4n) is 3.92. The number of anilines is 2. The molecule has 0 aliphatic carbocycles. The van der Waals surface area contributed by atoms with Crippen molar-refractivity contribution >= 4 is 17.3 Å². The second kappa shape index (κ2) is 10.1. The zero-order valence-corrected chi connectivity index (χ0v) is 18.0. The molecule has 0 bridgehead atoms. The molecule has 0 atom stereocenters. The van der Waals surface area contributed by atoms with Gasteiger partial charge in [-0.3, -0.25) is 4.79 Å². The molecule has 1 saturated heterocycles. The summed E-state index contributed by atoms with van der Waals surface area (Å²) in [4.78, 5) is 16.6. The first-order valence-corrected chi connectivity index (χ1v) is 10.9. The van der Waals surface area contributed by atoms with Crippen molar-refractivity contribution in [3.05, 3.63) is 90.0 Å². The molecule has 1 fully saturated rings. The summed E-state index contributed by atoms with van der Waals surface area (Å²) in [6, 6.07) is 26.2. The van der Waals surface area contributed by atoms with Gasteiger partial charge < -0.3 is 19.9 Å². The molecule has 1 amide bonds. The van der Waals surface area contributed by atoms with E-state index in [-0.39, 0.29) is 12.5 Å². The van der Waals surface area contributed by atoms with Crippen molar-refractivity contribution in [2.45, 2.75) is 6.42 Å². The Morgan fingerprint density at radius 3 is 2.42 bits per heavy atom. The fourth-order valence-corrected chi connectivity index (χ4v) is 3.92. The maximum atomic E-state index is 12.7. The molecule has 31 heavy (non-hydrogen) atoms. The summed E-state index contributed by atoms with van der Waals surface area (Å²) in [5.41, 5.74) is 4.20. The van der Waals surface area contributed by atoms with Crippen molar-refractivity contribution in [3.8, 4) is 5.75 Å². The van der Waals surface area contributed by atoms with E-state index in [2.05, 4.69) is 35.5 Å². The highest BCUT2D eigenvalue weighted by Crippen LogP contribution is 2.26. The van der Waals surface area contributed by atoms with Crippen LogP contribution in [-0.4, -0.2) is 45.7 Å². The Bertz CT molecular complexity index is 998. The highest BCUT2D eigenvalue weighted by molar-refractivity contribution is 5.95. The standard InChI is InChI=1S/C26H29N3O2/c1-28-15-17-29(18-16-28)24-13-7-6-12-23(24)27-26(30)20-31-25-14-8-5-11-22(25)19-21-9-3-2-4-10-21/h2-14H,15-20H2,1H3,(H,27,30)/p+1. The van der Waals surface area contributed by atoms with Gasteiger partial charge in [0.2, 0.25) is 0 Å². The Morgan fingerprint density at radius 2 is 1.61 bits per heavy atom. The topological polar surface area (TPSA) is 46.0 Å². The smallest absolute Gasteiger partial charge is 0.262 e. The monoisotopic (exact) mass is 416 g/mol. The van der Waals surface area contributed by atoms with Gasteiger partial charge in [0.1, 0.15) is 5.75 Å². The van der Waals surface area contributed by atoms with Gasteiger partial charge in [0.05, 0.1) is 44.6 Å². The van der Waals surface area contributed by atoms with E-state index in [0.717, 1.165) is 55.3 Å². The molecule has 5 heteroatoms. The number of nitrogens with zero attached hydrogens (tertiary/aromatic N) is 1. The van der Waals surface area contributed by atoms with Gasteiger partial charge in [0.25, 0.3) is 5.91 Å². The number of carbonyl (C=O) groups excluding carboxylic acids is 1. The Balaban J connectivity index is 1.39. The molecule has 160 valence electrons. The summed E-state index contributed by atoms with van der Waals surface area (Å²) in [5.74, 6) is 0.596. The lowest BCUT2D eigenvalue weighted by Crippen LogP contribution is -3.12. The summed E-state index contributed by atoms with van der Waals surface area (Å²) < 4.78 is 5.91. The van der Waals surface area contributed by atoms with Crippen LogP contribution in [0.15, 0.2) is 78.9 Å². The molecule has 5 nitrogen and oxygen atoms in total. The number of amides is 1. The quantitative estimate of drug-likeness (QED) is 0.623. The first-order valence-electron chi connectivity index (χ1n) is 10.9. The summed E-state index contributed by atoms with van der Waals surface area (Å²) >= 11 is 0. The first kappa shape index (κ1) is 20.9. The van der Waals surface area contributed by atoms with Gasteiger partial charge in [-0.15, -0.1) is 0 Å². The predicted octanol–water partition coefficient (Wildman–Crippen LogP) is 2.63. The van der Waals surface area contributed by atoms with Gasteiger partial charge in [-0.2, -0.15) is 0 Å². The normalized spacial score (nSPS) is 14.3. The Hall–Kier alpha value is -3.31. The Kier molecular flexibility index (Phi) is 6.85. The number of likely N-dealkylation sites (N-methyl/N-ethyl adjacent to an activating group) is 1. The molecule has 2 N–H and O–H groups in total. The molecular formula is C26H30N3O2+. The summed E-state index contributed by atoms with van der Waals surface area (Å²) in [6.45, 7) is 4.16. The first-order chi connectivity index (χ1) is 15.2. The van der Waals surface area contributed by atoms with Crippen LogP contribution in [0.2, 0.25) is 0 Å². The van der Waals surface area contributed by atoms with E-state index in [0.29, 0.717) is 0 Å². The molecule has 1 heterocycles. The SMILES string of the molecule is C[NH+]1CCN(c2ccccc2NC(=O)COc2ccccc2Cc2ccccc2)CC1. The lowest BCUT2D eigenvalue weighted by atomic mass is 10.0. The Labute approximate surface area is 184 Å². The van der Waals surface area contributed by atoms with Gasteiger partial charge in [0.15, 0.2) is 6.61 Å². The second-order valence-electron chi connectivity index (χ2n) is 8.07. The van der Waals surface area contributed by atoms with Crippen LogP contribution in [0, 0.1) is 0 Å². The van der Waals surface area contributed by atoms with Crippen LogP contribution >= 0.6 is 0 Å². The molecule has 0 spiro atoms. The zero-order valence-electron chi connectivity index (χ0n) is 18.0. The lowest BCUT2D eigenvalue weighted by Gasteiger charge is -2.33. The molecule has 0 aromatic heterocycles. The third-order valence-corrected chi connectivity index (χ3v) is 5.70. The van der Waals surface area contributed by atoms with Crippen LogP contribution in [0.25, 0.3) is 0 Å². The molecule has 3 aromatic carbocycles. The van der Waals surface area contributed by atoms with Crippen molar-refractivity contribution in [3.63, 3.8) is 0 Å². The third-order valence-electron chi connectivity index (χ3n) is 5.70. The van der Waals surface area contributed by atoms with Crippen LogP contribution in [0.1, 0.15) is 11.1 Å². The molecule has 0 radical (unpaired) electrons. The summed E-state index contributed by atoms with van der Waals surface area (Å²) in [7, 11) is 2.22. The molecule has 0 unspecified atom stereocenters. The van der Waals surface area contributed by atoms with Crippen molar-refractivity contribution < 1.29 is 14.4 Å². The van der Waals surface area contributed by atoms with Crippen molar-refractivity contribution in [2.24, 2.45) is 0 Å². The molecule has 1 aliphatic heterocycles. The van der Waals surface area contributed by atoms with Gasteiger partial charge in [-0.25, -0.2) is 0 Å². The van der Waals surface area contributed by atoms with E-state index >= 15 is 0 Å². The molecule has 4 rings (SSSR count). The van der Waals surface area contributed by atoms with E-state index in [9.17, 15) is 4.79 Å². The minimum Gasteiger partial charge on any atom is -0.483 e. The second-order valence-corrected chi connectivity index (χ2v) is 8.07. The van der Waals surface area contributed by atoms with Gasteiger partial charge >= 0.3 is 0 Å². The van der Waals surface area contributed by atoms with Crippen LogP contribution in [0.4, 0.5) is 11.4 Å². The van der Waals surface area contributed by atoms with Gasteiger partial charge in [0, 0.05) is 6.42 Å². The third kappa shape index (κ3) is 5.64. The van der Waals surface area contributed by atoms with Crippen molar-refractivity contribution in [2.75, 3.05) is 50.1 Å². The van der Waals surface area contributed by atoms with Crippen molar-refractivity contribution in [1.29, 1.82) is 0 Å². The van der Waals surface area contributed by atoms with Gasteiger partial charge in [-0.1, -0.05) is 60.7 Å². The maximum Gasteiger partial charge on any atom is 0.262 e. The van der Waals surface area contributed by atoms with Crippen LogP contribution in [-0.2, 0) is 11.2 Å². The van der Waals surface area contributed by atoms with E-state index < -0.39 is 0 Å². The number of nitrogens with one attached hydrogen (secondary N) is 2. The zero-order chi connectivity index (χ0) is 21.5. The van der Waals surface area contributed by atoms with E-state index in [4.69, 9.17) is 4.74 Å². The molecule has 1 aliphatic rings. The number of piperazine rings is 1. The largest absolute Gasteiger partial charge is 0.483 e. The van der Waals surface area contributed by atoms with Crippen molar-refractivity contribution in [1.82, 2.24) is 0 Å². The summed E-state index contributed by atoms with van der Waals surface area (Å²) in [5, 5.41) is 3.05. The maximum absolute atomic E-state index is 12.7. The number of benzene rings is 3. The summed E-state index contributed by atoms with van der Waals surface area (Å²) in [6.07, 6.45) is 0.771. The molecule has 0 saturated carbocycles. The van der Waals surface area contributed by atoms with E-state index in [1.54, 1.807) is 4.90 Å². The van der Waals surface area contributed by atoms with E-state index in [1.165, 1.54) is 5.56 Å². The number of hydrogen-bond donors (Lipinski definition) is 2. The minimum absolute atomic E-state index is 0.0208. The number of ether oxygens (including phenoxy) is 1. The number of quaternary nitrogens is 1. The highest BCUT2D eigenvalue weighted by atomic mass is 16.5. The molecule has 3 aromatic rings. The number of hydrogen-bond acceptors (Lipinski definition) is 3. The van der Waals surface area contributed by atoms with E-state index in [1.807, 2.05) is 60.7 Å².